The van der Waals surface area contributed by atoms with E-state index in [1.165, 1.54) is 0 Å². The van der Waals surface area contributed by atoms with E-state index >= 15 is 0 Å². The number of benzene rings is 1. The summed E-state index contributed by atoms with van der Waals surface area (Å²) in [5.74, 6) is 0.426. The van der Waals surface area contributed by atoms with E-state index in [0.717, 1.165) is 0 Å². The van der Waals surface area contributed by atoms with Gasteiger partial charge in [0, 0.05) is 12.0 Å². The molecule has 1 amide bonds. The number of amides is 1. The van der Waals surface area contributed by atoms with Crippen LogP contribution in [0.15, 0.2) is 18.2 Å². The first kappa shape index (κ1) is 13.5. The number of ether oxygens (including phenoxy) is 1. The van der Waals surface area contributed by atoms with Crippen LogP contribution in [0.1, 0.15) is 37.0 Å². The topological polar surface area (TPSA) is 81.4 Å². The quantitative estimate of drug-likeness (QED) is 0.813. The monoisotopic (exact) mass is 262 g/mol. The van der Waals surface area contributed by atoms with Gasteiger partial charge in [-0.2, -0.15) is 0 Å². The molecular weight excluding hydrogens is 244 g/mol. The highest BCUT2D eigenvalue weighted by atomic mass is 16.5. The number of Topliss-reactive ketones (excluding diaryl/α,β-unsaturated/α-hetero) is 1. The summed E-state index contributed by atoms with van der Waals surface area (Å²) in [4.78, 5) is 23.6. The van der Waals surface area contributed by atoms with Crippen LogP contribution in [-0.4, -0.2) is 23.8 Å². The molecule has 2 rings (SSSR count). The lowest BCUT2D eigenvalue weighted by Gasteiger charge is -2.23. The Kier molecular flexibility index (Phi) is 3.57. The number of ketones is 1. The highest BCUT2D eigenvalue weighted by Gasteiger charge is 2.29. The second kappa shape index (κ2) is 5.01. The molecule has 0 aliphatic carbocycles. The van der Waals surface area contributed by atoms with E-state index in [4.69, 9.17) is 10.5 Å². The zero-order valence-corrected chi connectivity index (χ0v) is 11.2. The van der Waals surface area contributed by atoms with Gasteiger partial charge in [-0.15, -0.1) is 0 Å². The number of rotatable bonds is 3. The summed E-state index contributed by atoms with van der Waals surface area (Å²) in [6.45, 7) is 4.02. The van der Waals surface area contributed by atoms with Gasteiger partial charge in [0.2, 0.25) is 5.91 Å². The van der Waals surface area contributed by atoms with Crippen LogP contribution in [0, 0.1) is 0 Å². The van der Waals surface area contributed by atoms with E-state index < -0.39 is 5.60 Å². The van der Waals surface area contributed by atoms with Crippen molar-refractivity contribution in [1.29, 1.82) is 0 Å². The molecule has 1 heterocycles. The second-order valence-electron chi connectivity index (χ2n) is 5.26. The highest BCUT2D eigenvalue weighted by molar-refractivity contribution is 6.00. The first-order chi connectivity index (χ1) is 8.91. The molecule has 0 bridgehead atoms. The van der Waals surface area contributed by atoms with Gasteiger partial charge >= 0.3 is 0 Å². The third-order valence-electron chi connectivity index (χ3n) is 2.92. The molecule has 1 aromatic carbocycles. The van der Waals surface area contributed by atoms with E-state index in [0.29, 0.717) is 30.0 Å². The standard InChI is InChI=1S/C14H18N2O3/c1-14(2)8-13(18)16-10-7-9(11(17)5-6-15)3-4-12(10)19-14/h3-4,7H,5-6,8,15H2,1-2H3,(H,16,18). The third kappa shape index (κ3) is 3.12. The Labute approximate surface area is 112 Å². The van der Waals surface area contributed by atoms with Crippen LogP contribution in [-0.2, 0) is 4.79 Å². The van der Waals surface area contributed by atoms with Gasteiger partial charge in [-0.25, -0.2) is 0 Å². The Morgan fingerprint density at radius 3 is 2.89 bits per heavy atom. The van der Waals surface area contributed by atoms with E-state index in [1.807, 2.05) is 13.8 Å². The molecule has 1 aliphatic rings. The molecule has 3 N–H and O–H groups in total. The van der Waals surface area contributed by atoms with Crippen LogP contribution < -0.4 is 15.8 Å². The lowest BCUT2D eigenvalue weighted by atomic mass is 10.1. The molecule has 0 spiro atoms. The molecule has 19 heavy (non-hydrogen) atoms. The minimum Gasteiger partial charge on any atom is -0.485 e. The minimum absolute atomic E-state index is 0.0388. The number of anilines is 1. The van der Waals surface area contributed by atoms with Crippen molar-refractivity contribution in [1.82, 2.24) is 0 Å². The number of nitrogens with two attached hydrogens (primary N) is 1. The van der Waals surface area contributed by atoms with Crippen molar-refractivity contribution in [3.8, 4) is 5.75 Å². The lowest BCUT2D eigenvalue weighted by Crippen LogP contribution is -2.30. The van der Waals surface area contributed by atoms with Gasteiger partial charge in [-0.1, -0.05) is 0 Å². The first-order valence-corrected chi connectivity index (χ1v) is 6.27. The maximum Gasteiger partial charge on any atom is 0.228 e. The number of nitrogens with one attached hydrogen (secondary N) is 1. The molecule has 0 fully saturated rings. The van der Waals surface area contributed by atoms with Crippen LogP contribution in [0.2, 0.25) is 0 Å². The molecule has 1 aliphatic heterocycles. The van der Waals surface area contributed by atoms with Gasteiger partial charge < -0.3 is 15.8 Å². The van der Waals surface area contributed by atoms with E-state index in [-0.39, 0.29) is 18.1 Å². The average Bonchev–Trinajstić information content (AvgIpc) is 2.41. The number of hydrogen-bond acceptors (Lipinski definition) is 4. The summed E-state index contributed by atoms with van der Waals surface area (Å²) in [5.41, 5.74) is 5.89. The zero-order valence-electron chi connectivity index (χ0n) is 11.2. The minimum atomic E-state index is -0.557. The SMILES string of the molecule is CC1(C)CC(=O)Nc2cc(C(=O)CCN)ccc2O1. The fourth-order valence-electron chi connectivity index (χ4n) is 2.08. The van der Waals surface area contributed by atoms with Gasteiger partial charge in [0.1, 0.15) is 11.4 Å². The van der Waals surface area contributed by atoms with Gasteiger partial charge in [0.25, 0.3) is 0 Å². The summed E-state index contributed by atoms with van der Waals surface area (Å²) in [6.07, 6.45) is 0.562. The Balaban J connectivity index is 2.35. The van der Waals surface area contributed by atoms with Gasteiger partial charge in [-0.3, -0.25) is 9.59 Å². The number of carbonyl (C=O) groups excluding carboxylic acids is 2. The summed E-state index contributed by atoms with van der Waals surface area (Å²) >= 11 is 0. The lowest BCUT2D eigenvalue weighted by molar-refractivity contribution is -0.118. The zero-order chi connectivity index (χ0) is 14.0. The van der Waals surface area contributed by atoms with E-state index in [1.54, 1.807) is 18.2 Å². The average molecular weight is 262 g/mol. The maximum atomic E-state index is 11.8. The van der Waals surface area contributed by atoms with Gasteiger partial charge in [0.05, 0.1) is 12.1 Å². The van der Waals surface area contributed by atoms with Crippen molar-refractivity contribution >= 4 is 17.4 Å². The van der Waals surface area contributed by atoms with Crippen molar-refractivity contribution in [2.75, 3.05) is 11.9 Å². The maximum absolute atomic E-state index is 11.8. The molecule has 0 unspecified atom stereocenters. The normalized spacial score (nSPS) is 16.9. The molecule has 1 aromatic rings. The largest absolute Gasteiger partial charge is 0.485 e. The number of carbonyl (C=O) groups is 2. The van der Waals surface area contributed by atoms with Crippen molar-refractivity contribution in [2.45, 2.75) is 32.3 Å². The molecule has 0 radical (unpaired) electrons. The predicted molar refractivity (Wildman–Crippen MR) is 72.4 cm³/mol. The van der Waals surface area contributed by atoms with Crippen molar-refractivity contribution in [3.63, 3.8) is 0 Å². The second-order valence-corrected chi connectivity index (χ2v) is 5.26. The molecular formula is C14H18N2O3. The molecule has 5 nitrogen and oxygen atoms in total. The molecule has 0 saturated heterocycles. The smallest absolute Gasteiger partial charge is 0.228 e. The number of hydrogen-bond donors (Lipinski definition) is 2. The predicted octanol–water partition coefficient (Wildman–Crippen LogP) is 1.72. The van der Waals surface area contributed by atoms with Crippen LogP contribution in [0.4, 0.5) is 5.69 Å². The Hall–Kier alpha value is -1.88. The third-order valence-corrected chi connectivity index (χ3v) is 2.92. The summed E-state index contributed by atoms with van der Waals surface area (Å²) in [7, 11) is 0. The molecule has 0 aromatic heterocycles. The fraction of sp³-hybridized carbons (Fsp3) is 0.429. The Bertz CT molecular complexity index is 523. The highest BCUT2D eigenvalue weighted by Crippen LogP contribution is 2.33. The van der Waals surface area contributed by atoms with Gasteiger partial charge in [0.15, 0.2) is 5.78 Å². The summed E-state index contributed by atoms with van der Waals surface area (Å²) in [6, 6.07) is 5.06. The van der Waals surface area contributed by atoms with E-state index in [2.05, 4.69) is 5.32 Å². The molecule has 0 atom stereocenters. The van der Waals surface area contributed by atoms with Crippen molar-refractivity contribution in [3.05, 3.63) is 23.8 Å². The molecule has 5 heteroatoms. The Morgan fingerprint density at radius 1 is 1.47 bits per heavy atom. The van der Waals surface area contributed by atoms with E-state index in [9.17, 15) is 9.59 Å². The fourth-order valence-corrected chi connectivity index (χ4v) is 2.08. The van der Waals surface area contributed by atoms with Crippen LogP contribution in [0.25, 0.3) is 0 Å². The van der Waals surface area contributed by atoms with Crippen LogP contribution >= 0.6 is 0 Å². The van der Waals surface area contributed by atoms with Crippen LogP contribution in [0.5, 0.6) is 5.75 Å². The first-order valence-electron chi connectivity index (χ1n) is 6.27. The summed E-state index contributed by atoms with van der Waals surface area (Å²) in [5, 5.41) is 2.77. The van der Waals surface area contributed by atoms with Crippen molar-refractivity contribution in [2.24, 2.45) is 5.73 Å². The van der Waals surface area contributed by atoms with Crippen molar-refractivity contribution < 1.29 is 14.3 Å². The molecule has 102 valence electrons. The Morgan fingerprint density at radius 2 is 2.21 bits per heavy atom. The van der Waals surface area contributed by atoms with Crippen LogP contribution in [0.3, 0.4) is 0 Å². The summed E-state index contributed by atoms with van der Waals surface area (Å²) < 4.78 is 5.79. The number of fused-ring (bicyclic) bond motifs is 1. The van der Waals surface area contributed by atoms with Gasteiger partial charge in [-0.05, 0) is 38.6 Å². The molecule has 0 saturated carbocycles.